The second-order valence-corrected chi connectivity index (χ2v) is 5.76. The monoisotopic (exact) mass is 348 g/mol. The number of fused-ring (bicyclic) bond motifs is 1. The van der Waals surface area contributed by atoms with Crippen LogP contribution in [0.15, 0.2) is 27.1 Å². The first-order valence-corrected chi connectivity index (χ1v) is 6.49. The zero-order valence-electron chi connectivity index (χ0n) is 7.71. The van der Waals surface area contributed by atoms with Crippen LogP contribution in [0.1, 0.15) is 9.67 Å². The minimum absolute atomic E-state index is 0.292. The molecule has 0 atom stereocenters. The van der Waals surface area contributed by atoms with Gasteiger partial charge >= 0.3 is 5.97 Å². The van der Waals surface area contributed by atoms with Crippen molar-refractivity contribution in [1.29, 1.82) is 0 Å². The van der Waals surface area contributed by atoms with Gasteiger partial charge in [0.1, 0.15) is 4.88 Å². The number of carbonyl (C=O) groups excluding carboxylic acids is 1. The third kappa shape index (κ3) is 2.09. The van der Waals surface area contributed by atoms with E-state index in [4.69, 9.17) is 0 Å². The van der Waals surface area contributed by atoms with Crippen molar-refractivity contribution in [3.63, 3.8) is 0 Å². The van der Waals surface area contributed by atoms with Gasteiger partial charge < -0.3 is 4.74 Å². The van der Waals surface area contributed by atoms with E-state index in [9.17, 15) is 4.79 Å². The summed E-state index contributed by atoms with van der Waals surface area (Å²) < 4.78 is 7.69. The van der Waals surface area contributed by atoms with Crippen LogP contribution in [0, 0.1) is 0 Å². The number of methoxy groups -OCH3 is 1. The predicted molar refractivity (Wildman–Crippen MR) is 68.6 cm³/mol. The lowest BCUT2D eigenvalue weighted by molar-refractivity contribution is 0.0606. The first-order valence-electron chi connectivity index (χ1n) is 4.08. The molecule has 1 heterocycles. The lowest BCUT2D eigenvalue weighted by atomic mass is 10.2. The maximum atomic E-state index is 11.3. The number of hydrogen-bond donors (Lipinski definition) is 0. The summed E-state index contributed by atoms with van der Waals surface area (Å²) in [6.45, 7) is 0. The van der Waals surface area contributed by atoms with Gasteiger partial charge in [-0.15, -0.1) is 11.3 Å². The van der Waals surface area contributed by atoms with Crippen molar-refractivity contribution in [3.8, 4) is 0 Å². The molecule has 1 aromatic carbocycles. The standard InChI is InChI=1S/C10H6Br2O2S/c1-14-10(13)9-4-6-7(12)2-5(11)3-8(6)15-9/h2-4H,1H3. The van der Waals surface area contributed by atoms with Gasteiger partial charge in [-0.25, -0.2) is 4.79 Å². The van der Waals surface area contributed by atoms with Crippen molar-refractivity contribution >= 4 is 59.3 Å². The van der Waals surface area contributed by atoms with Gasteiger partial charge in [0.05, 0.1) is 7.11 Å². The van der Waals surface area contributed by atoms with E-state index < -0.39 is 0 Å². The molecule has 0 fully saturated rings. The van der Waals surface area contributed by atoms with E-state index in [-0.39, 0.29) is 5.97 Å². The summed E-state index contributed by atoms with van der Waals surface area (Å²) in [7, 11) is 1.39. The molecular weight excluding hydrogens is 344 g/mol. The fraction of sp³-hybridized carbons (Fsp3) is 0.100. The average Bonchev–Trinajstić information content (AvgIpc) is 2.60. The molecule has 0 amide bonds. The Bertz CT molecular complexity index is 533. The summed E-state index contributed by atoms with van der Waals surface area (Å²) in [5, 5.41) is 1.03. The van der Waals surface area contributed by atoms with Gasteiger partial charge in [-0.1, -0.05) is 31.9 Å². The number of esters is 1. The summed E-state index contributed by atoms with van der Waals surface area (Å²) in [5.41, 5.74) is 0. The molecule has 5 heteroatoms. The molecule has 0 radical (unpaired) electrons. The van der Waals surface area contributed by atoms with Crippen molar-refractivity contribution in [2.75, 3.05) is 7.11 Å². The van der Waals surface area contributed by atoms with Crippen molar-refractivity contribution < 1.29 is 9.53 Å². The van der Waals surface area contributed by atoms with Crippen LogP contribution in [0.5, 0.6) is 0 Å². The average molecular weight is 350 g/mol. The Morgan fingerprint density at radius 2 is 2.07 bits per heavy atom. The van der Waals surface area contributed by atoms with Crippen LogP contribution in [0.3, 0.4) is 0 Å². The normalized spacial score (nSPS) is 10.6. The molecule has 78 valence electrons. The minimum atomic E-state index is -0.292. The molecule has 0 saturated heterocycles. The van der Waals surface area contributed by atoms with Crippen molar-refractivity contribution in [2.24, 2.45) is 0 Å². The Labute approximate surface area is 107 Å². The number of benzene rings is 1. The van der Waals surface area contributed by atoms with Gasteiger partial charge in [-0.05, 0) is 18.2 Å². The van der Waals surface area contributed by atoms with Crippen molar-refractivity contribution in [2.45, 2.75) is 0 Å². The van der Waals surface area contributed by atoms with Crippen LogP contribution in [-0.2, 0) is 4.74 Å². The van der Waals surface area contributed by atoms with E-state index in [0.29, 0.717) is 4.88 Å². The van der Waals surface area contributed by atoms with Crippen LogP contribution in [-0.4, -0.2) is 13.1 Å². The Morgan fingerprint density at radius 3 is 2.73 bits per heavy atom. The van der Waals surface area contributed by atoms with E-state index in [0.717, 1.165) is 19.0 Å². The molecule has 15 heavy (non-hydrogen) atoms. The van der Waals surface area contributed by atoms with Crippen LogP contribution >= 0.6 is 43.2 Å². The molecule has 1 aromatic heterocycles. The lowest BCUT2D eigenvalue weighted by Gasteiger charge is -1.94. The van der Waals surface area contributed by atoms with E-state index in [1.807, 2.05) is 18.2 Å². The van der Waals surface area contributed by atoms with Gasteiger partial charge in [0, 0.05) is 19.0 Å². The summed E-state index contributed by atoms with van der Waals surface area (Å²) in [6, 6.07) is 5.77. The molecule has 0 spiro atoms. The lowest BCUT2D eigenvalue weighted by Crippen LogP contribution is -1.96. The highest BCUT2D eigenvalue weighted by Crippen LogP contribution is 2.34. The van der Waals surface area contributed by atoms with Gasteiger partial charge in [0.15, 0.2) is 0 Å². The fourth-order valence-corrected chi connectivity index (χ4v) is 3.93. The highest BCUT2D eigenvalue weighted by atomic mass is 79.9. The van der Waals surface area contributed by atoms with E-state index in [1.165, 1.54) is 18.4 Å². The maximum Gasteiger partial charge on any atom is 0.348 e. The smallest absolute Gasteiger partial charge is 0.348 e. The molecule has 0 N–H and O–H groups in total. The van der Waals surface area contributed by atoms with Gasteiger partial charge in [-0.3, -0.25) is 0 Å². The SMILES string of the molecule is COC(=O)c1cc2c(Br)cc(Br)cc2s1. The largest absolute Gasteiger partial charge is 0.465 e. The van der Waals surface area contributed by atoms with Crippen molar-refractivity contribution in [1.82, 2.24) is 0 Å². The highest BCUT2D eigenvalue weighted by Gasteiger charge is 2.12. The molecule has 2 aromatic rings. The Hall–Kier alpha value is -0.390. The number of halogens is 2. The number of carbonyl (C=O) groups is 1. The first-order chi connectivity index (χ1) is 7.11. The molecule has 0 aliphatic rings. The Kier molecular flexibility index (Phi) is 3.13. The van der Waals surface area contributed by atoms with Crippen LogP contribution in [0.4, 0.5) is 0 Å². The summed E-state index contributed by atoms with van der Waals surface area (Å²) in [6.07, 6.45) is 0. The second kappa shape index (κ2) is 4.23. The second-order valence-electron chi connectivity index (χ2n) is 2.90. The topological polar surface area (TPSA) is 26.3 Å². The van der Waals surface area contributed by atoms with Crippen LogP contribution < -0.4 is 0 Å². The highest BCUT2D eigenvalue weighted by molar-refractivity contribution is 9.11. The predicted octanol–water partition coefficient (Wildman–Crippen LogP) is 4.21. The minimum Gasteiger partial charge on any atom is -0.465 e. The van der Waals surface area contributed by atoms with Crippen molar-refractivity contribution in [3.05, 3.63) is 32.0 Å². The number of hydrogen-bond acceptors (Lipinski definition) is 3. The molecule has 2 nitrogen and oxygen atoms in total. The van der Waals surface area contributed by atoms with E-state index in [1.54, 1.807) is 0 Å². The number of rotatable bonds is 1. The number of thiophene rings is 1. The number of ether oxygens (including phenoxy) is 1. The summed E-state index contributed by atoms with van der Waals surface area (Å²) >= 11 is 8.29. The zero-order valence-corrected chi connectivity index (χ0v) is 11.7. The molecule has 0 bridgehead atoms. The van der Waals surface area contributed by atoms with Crippen LogP contribution in [0.2, 0.25) is 0 Å². The molecule has 0 saturated carbocycles. The Morgan fingerprint density at radius 1 is 1.33 bits per heavy atom. The zero-order chi connectivity index (χ0) is 11.0. The van der Waals surface area contributed by atoms with Crippen LogP contribution in [0.25, 0.3) is 10.1 Å². The fourth-order valence-electron chi connectivity index (χ4n) is 1.27. The summed E-state index contributed by atoms with van der Waals surface area (Å²) in [5.74, 6) is -0.292. The van der Waals surface area contributed by atoms with Gasteiger partial charge in [0.2, 0.25) is 0 Å². The van der Waals surface area contributed by atoms with E-state index in [2.05, 4.69) is 36.6 Å². The van der Waals surface area contributed by atoms with Gasteiger partial charge in [0.25, 0.3) is 0 Å². The molecule has 0 unspecified atom stereocenters. The quantitative estimate of drug-likeness (QED) is 0.721. The molecule has 0 aliphatic carbocycles. The van der Waals surface area contributed by atoms with E-state index >= 15 is 0 Å². The molecule has 2 rings (SSSR count). The first kappa shape index (κ1) is 11.1. The summed E-state index contributed by atoms with van der Waals surface area (Å²) in [4.78, 5) is 12.0. The third-order valence-electron chi connectivity index (χ3n) is 1.94. The molecule has 0 aliphatic heterocycles. The van der Waals surface area contributed by atoms with Gasteiger partial charge in [-0.2, -0.15) is 0 Å². The third-order valence-corrected chi connectivity index (χ3v) is 4.11. The molecular formula is C10H6Br2O2S. The maximum absolute atomic E-state index is 11.3. The Balaban J connectivity index is 2.65.